The van der Waals surface area contributed by atoms with E-state index in [1.54, 1.807) is 0 Å². The van der Waals surface area contributed by atoms with Crippen molar-refractivity contribution in [3.05, 3.63) is 89.0 Å². The van der Waals surface area contributed by atoms with Crippen LogP contribution in [0.15, 0.2) is 60.8 Å². The van der Waals surface area contributed by atoms with Gasteiger partial charge in [-0.3, -0.25) is 14.4 Å². The first-order chi connectivity index (χ1) is 15.5. The quantitative estimate of drug-likeness (QED) is 0.626. The summed E-state index contributed by atoms with van der Waals surface area (Å²) < 4.78 is 15.5. The molecule has 6 heteroatoms. The molecule has 0 radical (unpaired) electrons. The van der Waals surface area contributed by atoms with Gasteiger partial charge in [0.2, 0.25) is 0 Å². The Labute approximate surface area is 188 Å². The van der Waals surface area contributed by atoms with Crippen LogP contribution >= 0.6 is 0 Å². The van der Waals surface area contributed by atoms with Crippen molar-refractivity contribution in [1.29, 1.82) is 0 Å². The maximum Gasteiger partial charge on any atom is 0.254 e. The van der Waals surface area contributed by atoms with Crippen LogP contribution in [-0.2, 0) is 13.6 Å². The fourth-order valence-corrected chi connectivity index (χ4v) is 5.54. The molecule has 5 nitrogen and oxygen atoms in total. The molecule has 1 amide bonds. The summed E-state index contributed by atoms with van der Waals surface area (Å²) in [5.41, 5.74) is 4.17. The summed E-state index contributed by atoms with van der Waals surface area (Å²) in [4.78, 5) is 17.9. The number of piperidine rings is 1. The largest absolute Gasteiger partial charge is 0.335 e. The Morgan fingerprint density at radius 1 is 1.09 bits per heavy atom. The van der Waals surface area contributed by atoms with Crippen molar-refractivity contribution in [3.63, 3.8) is 0 Å². The third-order valence-corrected chi connectivity index (χ3v) is 7.10. The summed E-state index contributed by atoms with van der Waals surface area (Å²) in [6.07, 6.45) is 3.04. The number of fused-ring (bicyclic) bond motifs is 1. The van der Waals surface area contributed by atoms with Crippen LogP contribution in [0.2, 0.25) is 0 Å². The Morgan fingerprint density at radius 2 is 1.84 bits per heavy atom. The number of carbonyl (C=O) groups excluding carboxylic acids is 1. The number of amides is 1. The molecule has 0 unspecified atom stereocenters. The highest BCUT2D eigenvalue weighted by Gasteiger charge is 2.47. The molecule has 0 N–H and O–H groups in total. The molecule has 2 aliphatic rings. The van der Waals surface area contributed by atoms with Crippen LogP contribution in [0.1, 0.15) is 39.5 Å². The molecule has 3 aromatic rings. The SMILES string of the molecule is Cc1nn(C)cc1CN1CC[C@H]2[C@@H](C1)[C@H](c1ccc(F)cc1)CN2C(=O)c1ccccc1. The predicted molar refractivity (Wildman–Crippen MR) is 122 cm³/mol. The van der Waals surface area contributed by atoms with Crippen LogP contribution in [0.25, 0.3) is 0 Å². The third kappa shape index (κ3) is 3.95. The lowest BCUT2D eigenvalue weighted by Gasteiger charge is -2.39. The predicted octanol–water partition coefficient (Wildman–Crippen LogP) is 4.00. The van der Waals surface area contributed by atoms with Crippen LogP contribution in [-0.4, -0.2) is 51.2 Å². The van der Waals surface area contributed by atoms with Gasteiger partial charge in [0.15, 0.2) is 0 Å². The smallest absolute Gasteiger partial charge is 0.254 e. The zero-order valence-electron chi connectivity index (χ0n) is 18.6. The Morgan fingerprint density at radius 3 is 2.53 bits per heavy atom. The number of benzene rings is 2. The first-order valence-electron chi connectivity index (χ1n) is 11.3. The molecule has 0 spiro atoms. The summed E-state index contributed by atoms with van der Waals surface area (Å²) in [7, 11) is 1.96. The Kier molecular flexibility index (Phi) is 5.55. The second-order valence-corrected chi connectivity index (χ2v) is 9.15. The lowest BCUT2D eigenvalue weighted by molar-refractivity contribution is 0.0614. The molecule has 0 bridgehead atoms. The fraction of sp³-hybridized carbons (Fsp3) is 0.385. The maximum atomic E-state index is 13.6. The molecule has 3 heterocycles. The van der Waals surface area contributed by atoms with Crippen LogP contribution in [0, 0.1) is 18.7 Å². The molecule has 2 aromatic carbocycles. The van der Waals surface area contributed by atoms with Crippen molar-refractivity contribution in [2.24, 2.45) is 13.0 Å². The van der Waals surface area contributed by atoms with Gasteiger partial charge < -0.3 is 4.90 Å². The number of carbonyl (C=O) groups is 1. The van der Waals surface area contributed by atoms with E-state index in [-0.39, 0.29) is 23.7 Å². The maximum absolute atomic E-state index is 13.6. The third-order valence-electron chi connectivity index (χ3n) is 7.10. The second kappa shape index (κ2) is 8.51. The highest BCUT2D eigenvalue weighted by molar-refractivity contribution is 5.94. The monoisotopic (exact) mass is 432 g/mol. The van der Waals surface area contributed by atoms with Crippen LogP contribution in [0.3, 0.4) is 0 Å². The van der Waals surface area contributed by atoms with E-state index in [1.807, 2.05) is 54.2 Å². The van der Waals surface area contributed by atoms with E-state index in [0.717, 1.165) is 42.9 Å². The zero-order chi connectivity index (χ0) is 22.2. The molecular formula is C26H29FN4O. The zero-order valence-corrected chi connectivity index (χ0v) is 18.6. The Bertz CT molecular complexity index is 1090. The van der Waals surface area contributed by atoms with Gasteiger partial charge >= 0.3 is 0 Å². The minimum absolute atomic E-state index is 0.0989. The number of aryl methyl sites for hydroxylation is 2. The Balaban J connectivity index is 1.41. The van der Waals surface area contributed by atoms with E-state index in [2.05, 4.69) is 28.0 Å². The minimum Gasteiger partial charge on any atom is -0.335 e. The van der Waals surface area contributed by atoms with Gasteiger partial charge in [-0.05, 0) is 43.2 Å². The van der Waals surface area contributed by atoms with E-state index in [0.29, 0.717) is 12.5 Å². The molecule has 0 aliphatic carbocycles. The van der Waals surface area contributed by atoms with Crippen LogP contribution in [0.5, 0.6) is 0 Å². The summed E-state index contributed by atoms with van der Waals surface area (Å²) in [6, 6.07) is 16.6. The van der Waals surface area contributed by atoms with E-state index in [9.17, 15) is 9.18 Å². The highest BCUT2D eigenvalue weighted by Crippen LogP contribution is 2.42. The van der Waals surface area contributed by atoms with E-state index in [1.165, 1.54) is 17.7 Å². The first kappa shape index (κ1) is 20.9. The van der Waals surface area contributed by atoms with Gasteiger partial charge in [-0.25, -0.2) is 4.39 Å². The molecular weight excluding hydrogens is 403 g/mol. The molecule has 1 aromatic heterocycles. The lowest BCUT2D eigenvalue weighted by Crippen LogP contribution is -2.47. The van der Waals surface area contributed by atoms with E-state index >= 15 is 0 Å². The molecule has 166 valence electrons. The van der Waals surface area contributed by atoms with Crippen molar-refractivity contribution in [1.82, 2.24) is 19.6 Å². The summed E-state index contributed by atoms with van der Waals surface area (Å²) >= 11 is 0. The number of nitrogens with zero attached hydrogens (tertiary/aromatic N) is 4. The highest BCUT2D eigenvalue weighted by atomic mass is 19.1. The molecule has 2 fully saturated rings. The molecule has 5 rings (SSSR count). The number of halogens is 1. The van der Waals surface area contributed by atoms with Gasteiger partial charge in [-0.1, -0.05) is 30.3 Å². The van der Waals surface area contributed by atoms with Gasteiger partial charge in [-0.15, -0.1) is 0 Å². The van der Waals surface area contributed by atoms with Crippen molar-refractivity contribution in [3.8, 4) is 0 Å². The summed E-state index contributed by atoms with van der Waals surface area (Å²) in [6.45, 7) is 5.46. The molecule has 3 atom stereocenters. The van der Waals surface area contributed by atoms with Gasteiger partial charge in [-0.2, -0.15) is 5.10 Å². The first-order valence-corrected chi connectivity index (χ1v) is 11.3. The van der Waals surface area contributed by atoms with Crippen LogP contribution in [0.4, 0.5) is 4.39 Å². The molecule has 2 aliphatic heterocycles. The molecule has 0 saturated carbocycles. The van der Waals surface area contributed by atoms with Gasteiger partial charge in [0, 0.05) is 68.4 Å². The van der Waals surface area contributed by atoms with Gasteiger partial charge in [0.25, 0.3) is 5.91 Å². The van der Waals surface area contributed by atoms with Gasteiger partial charge in [0.1, 0.15) is 5.82 Å². The van der Waals surface area contributed by atoms with Gasteiger partial charge in [0.05, 0.1) is 5.69 Å². The van der Waals surface area contributed by atoms with Crippen molar-refractivity contribution >= 4 is 5.91 Å². The summed E-state index contributed by atoms with van der Waals surface area (Å²) in [5.74, 6) is 0.393. The average Bonchev–Trinajstić information content (AvgIpc) is 3.33. The summed E-state index contributed by atoms with van der Waals surface area (Å²) in [5, 5.41) is 4.48. The normalized spacial score (nSPS) is 23.3. The number of likely N-dealkylation sites (tertiary alicyclic amines) is 2. The standard InChI is InChI=1S/C26H29FN4O/c1-18-21(14-29(2)28-18)15-30-13-12-25-24(16-30)23(19-8-10-22(27)11-9-19)17-31(25)26(32)20-6-4-3-5-7-20/h3-11,14,23-25H,12-13,15-17H2,1-2H3/t23-,24-,25-/m0/s1. The Hall–Kier alpha value is -2.99. The number of hydrogen-bond donors (Lipinski definition) is 0. The fourth-order valence-electron chi connectivity index (χ4n) is 5.54. The number of rotatable bonds is 4. The topological polar surface area (TPSA) is 41.4 Å². The number of hydrogen-bond acceptors (Lipinski definition) is 3. The molecule has 2 saturated heterocycles. The van der Waals surface area contributed by atoms with E-state index < -0.39 is 0 Å². The minimum atomic E-state index is -0.224. The van der Waals surface area contributed by atoms with Crippen molar-refractivity contribution < 1.29 is 9.18 Å². The van der Waals surface area contributed by atoms with Crippen LogP contribution < -0.4 is 0 Å². The van der Waals surface area contributed by atoms with Crippen molar-refractivity contribution in [2.75, 3.05) is 19.6 Å². The van der Waals surface area contributed by atoms with Crippen molar-refractivity contribution in [2.45, 2.75) is 31.8 Å². The lowest BCUT2D eigenvalue weighted by atomic mass is 9.81. The van der Waals surface area contributed by atoms with E-state index in [4.69, 9.17) is 0 Å². The average molecular weight is 433 g/mol. The second-order valence-electron chi connectivity index (χ2n) is 9.15. The molecule has 32 heavy (non-hydrogen) atoms. The number of aromatic nitrogens is 2.